The summed E-state index contributed by atoms with van der Waals surface area (Å²) in [5.41, 5.74) is 1.15. The van der Waals surface area contributed by atoms with E-state index in [2.05, 4.69) is 4.98 Å². The monoisotopic (exact) mass is 334 g/mol. The molecule has 2 saturated heterocycles. The molecule has 2 aliphatic heterocycles. The number of piperidine rings is 1. The van der Waals surface area contributed by atoms with Crippen LogP contribution in [0, 0.1) is 5.41 Å². The number of aromatic nitrogens is 1. The molecule has 0 radical (unpaired) electrons. The van der Waals surface area contributed by atoms with Crippen molar-refractivity contribution in [3.8, 4) is 0 Å². The minimum atomic E-state index is 0.0847. The molecule has 3 rings (SSSR count). The van der Waals surface area contributed by atoms with Gasteiger partial charge < -0.3 is 19.1 Å². The summed E-state index contributed by atoms with van der Waals surface area (Å²) in [7, 11) is 1.56. The summed E-state index contributed by atoms with van der Waals surface area (Å²) in [6, 6.07) is 5.83. The number of hydrogen-bond donors (Lipinski definition) is 0. The van der Waals surface area contributed by atoms with Gasteiger partial charge in [0.15, 0.2) is 0 Å². The van der Waals surface area contributed by atoms with Crippen molar-refractivity contribution in [2.24, 2.45) is 5.41 Å². The highest BCUT2D eigenvalue weighted by Crippen LogP contribution is 2.42. The third-order valence-corrected chi connectivity index (χ3v) is 5.01. The fourth-order valence-corrected chi connectivity index (χ4v) is 3.57. The summed E-state index contributed by atoms with van der Waals surface area (Å²) in [5, 5.41) is 0. The standard InChI is InChI=1S/C18H26N2O4/c1-22-13-17(21)20-8-5-18(6-9-20)10-16(24-14-18)12-23-11-15-4-2-3-7-19-15/h2-4,7,16H,5-6,8-14H2,1H3/t16-/m0/s1. The second-order valence-electron chi connectivity index (χ2n) is 6.79. The van der Waals surface area contributed by atoms with Crippen LogP contribution < -0.4 is 0 Å². The molecule has 0 saturated carbocycles. The number of ether oxygens (including phenoxy) is 3. The molecule has 3 heterocycles. The molecule has 1 amide bonds. The van der Waals surface area contributed by atoms with Gasteiger partial charge in [0, 0.05) is 26.4 Å². The largest absolute Gasteiger partial charge is 0.375 e. The van der Waals surface area contributed by atoms with Gasteiger partial charge in [0.05, 0.1) is 31.6 Å². The molecule has 1 aromatic rings. The Morgan fingerprint density at radius 3 is 2.96 bits per heavy atom. The van der Waals surface area contributed by atoms with E-state index in [1.807, 2.05) is 23.1 Å². The first-order valence-electron chi connectivity index (χ1n) is 8.57. The Bertz CT molecular complexity index is 529. The molecule has 1 atom stereocenters. The lowest BCUT2D eigenvalue weighted by Crippen LogP contribution is -2.44. The summed E-state index contributed by atoms with van der Waals surface area (Å²) in [5.74, 6) is 0.0847. The maximum Gasteiger partial charge on any atom is 0.248 e. The summed E-state index contributed by atoms with van der Waals surface area (Å²) in [4.78, 5) is 18.0. The minimum absolute atomic E-state index is 0.0847. The van der Waals surface area contributed by atoms with E-state index in [4.69, 9.17) is 14.2 Å². The number of carbonyl (C=O) groups is 1. The predicted molar refractivity (Wildman–Crippen MR) is 88.4 cm³/mol. The molecule has 1 aromatic heterocycles. The number of methoxy groups -OCH3 is 1. The number of nitrogens with zero attached hydrogens (tertiary/aromatic N) is 2. The van der Waals surface area contributed by atoms with Crippen LogP contribution in [0.3, 0.4) is 0 Å². The third kappa shape index (κ3) is 4.32. The van der Waals surface area contributed by atoms with Crippen LogP contribution in [0.25, 0.3) is 0 Å². The molecule has 0 aliphatic carbocycles. The molecule has 0 aromatic carbocycles. The van der Waals surface area contributed by atoms with E-state index in [9.17, 15) is 4.79 Å². The van der Waals surface area contributed by atoms with Crippen molar-refractivity contribution in [1.82, 2.24) is 9.88 Å². The maximum atomic E-state index is 11.9. The van der Waals surface area contributed by atoms with Crippen LogP contribution in [0.5, 0.6) is 0 Å². The van der Waals surface area contributed by atoms with Crippen LogP contribution in [-0.2, 0) is 25.6 Å². The topological polar surface area (TPSA) is 60.9 Å². The fourth-order valence-electron chi connectivity index (χ4n) is 3.57. The first-order valence-corrected chi connectivity index (χ1v) is 8.57. The molecular weight excluding hydrogens is 308 g/mol. The summed E-state index contributed by atoms with van der Waals surface area (Å²) < 4.78 is 16.6. The summed E-state index contributed by atoms with van der Waals surface area (Å²) in [6.45, 7) is 3.67. The Morgan fingerprint density at radius 1 is 1.42 bits per heavy atom. The van der Waals surface area contributed by atoms with Crippen molar-refractivity contribution in [1.29, 1.82) is 0 Å². The van der Waals surface area contributed by atoms with Crippen LogP contribution in [0.4, 0.5) is 0 Å². The van der Waals surface area contributed by atoms with Crippen molar-refractivity contribution in [2.45, 2.75) is 32.0 Å². The van der Waals surface area contributed by atoms with Crippen molar-refractivity contribution >= 4 is 5.91 Å². The first kappa shape index (κ1) is 17.3. The van der Waals surface area contributed by atoms with Gasteiger partial charge in [-0.3, -0.25) is 9.78 Å². The van der Waals surface area contributed by atoms with Gasteiger partial charge >= 0.3 is 0 Å². The van der Waals surface area contributed by atoms with Gasteiger partial charge in [-0.2, -0.15) is 0 Å². The Labute approximate surface area is 143 Å². The summed E-state index contributed by atoms with van der Waals surface area (Å²) in [6.07, 6.45) is 4.94. The van der Waals surface area contributed by atoms with Crippen LogP contribution >= 0.6 is 0 Å². The quantitative estimate of drug-likeness (QED) is 0.791. The van der Waals surface area contributed by atoms with Gasteiger partial charge in [0.25, 0.3) is 0 Å². The van der Waals surface area contributed by atoms with E-state index in [1.54, 1.807) is 13.3 Å². The molecule has 0 bridgehead atoms. The Hall–Kier alpha value is -1.50. The van der Waals surface area contributed by atoms with E-state index in [-0.39, 0.29) is 24.0 Å². The maximum absolute atomic E-state index is 11.9. The molecule has 132 valence electrons. The number of pyridine rings is 1. The zero-order valence-electron chi connectivity index (χ0n) is 14.3. The number of amides is 1. The molecule has 0 N–H and O–H groups in total. The summed E-state index contributed by atoms with van der Waals surface area (Å²) >= 11 is 0. The zero-order chi connectivity index (χ0) is 16.8. The molecule has 6 heteroatoms. The lowest BCUT2D eigenvalue weighted by atomic mass is 9.76. The molecule has 2 fully saturated rings. The van der Waals surface area contributed by atoms with Gasteiger partial charge in [0.2, 0.25) is 5.91 Å². The Morgan fingerprint density at radius 2 is 2.25 bits per heavy atom. The Kier molecular flexibility index (Phi) is 5.81. The highest BCUT2D eigenvalue weighted by molar-refractivity contribution is 5.77. The van der Waals surface area contributed by atoms with E-state index in [0.717, 1.165) is 44.7 Å². The average Bonchev–Trinajstić information content (AvgIpc) is 2.99. The van der Waals surface area contributed by atoms with Gasteiger partial charge in [-0.1, -0.05) is 6.07 Å². The highest BCUT2D eigenvalue weighted by atomic mass is 16.5. The predicted octanol–water partition coefficient (Wildman–Crippen LogP) is 1.64. The minimum Gasteiger partial charge on any atom is -0.375 e. The lowest BCUT2D eigenvalue weighted by Gasteiger charge is -2.38. The number of carbonyl (C=O) groups excluding carboxylic acids is 1. The SMILES string of the molecule is COCC(=O)N1CCC2(CC1)CO[C@H](COCc1ccccn1)C2. The van der Waals surface area contributed by atoms with E-state index >= 15 is 0 Å². The van der Waals surface area contributed by atoms with Crippen LogP contribution in [-0.4, -0.2) is 61.9 Å². The zero-order valence-corrected chi connectivity index (χ0v) is 14.3. The first-order chi connectivity index (χ1) is 11.7. The fraction of sp³-hybridized carbons (Fsp3) is 0.667. The van der Waals surface area contributed by atoms with Crippen molar-refractivity contribution < 1.29 is 19.0 Å². The highest BCUT2D eigenvalue weighted by Gasteiger charge is 2.43. The van der Waals surface area contributed by atoms with Crippen LogP contribution in [0.15, 0.2) is 24.4 Å². The van der Waals surface area contributed by atoms with Crippen molar-refractivity contribution in [3.63, 3.8) is 0 Å². The number of hydrogen-bond acceptors (Lipinski definition) is 5. The second-order valence-corrected chi connectivity index (χ2v) is 6.79. The van der Waals surface area contributed by atoms with Gasteiger partial charge in [-0.15, -0.1) is 0 Å². The van der Waals surface area contributed by atoms with Crippen LogP contribution in [0.2, 0.25) is 0 Å². The van der Waals surface area contributed by atoms with E-state index < -0.39 is 0 Å². The normalized spacial score (nSPS) is 22.9. The molecule has 24 heavy (non-hydrogen) atoms. The smallest absolute Gasteiger partial charge is 0.248 e. The van der Waals surface area contributed by atoms with Crippen molar-refractivity contribution in [2.75, 3.05) is 40.0 Å². The molecule has 6 nitrogen and oxygen atoms in total. The second kappa shape index (κ2) is 8.05. The van der Waals surface area contributed by atoms with Gasteiger partial charge in [-0.05, 0) is 36.8 Å². The Balaban J connectivity index is 1.40. The number of rotatable bonds is 6. The van der Waals surface area contributed by atoms with Gasteiger partial charge in [-0.25, -0.2) is 0 Å². The third-order valence-electron chi connectivity index (χ3n) is 5.01. The molecule has 1 spiro atoms. The van der Waals surface area contributed by atoms with E-state index in [0.29, 0.717) is 13.2 Å². The molecular formula is C18H26N2O4. The van der Waals surface area contributed by atoms with E-state index in [1.165, 1.54) is 0 Å². The molecule has 0 unspecified atom stereocenters. The van der Waals surface area contributed by atoms with Crippen molar-refractivity contribution in [3.05, 3.63) is 30.1 Å². The average molecular weight is 334 g/mol. The van der Waals surface area contributed by atoms with Crippen LogP contribution in [0.1, 0.15) is 25.0 Å². The lowest BCUT2D eigenvalue weighted by molar-refractivity contribution is -0.137. The molecule has 2 aliphatic rings. The number of likely N-dealkylation sites (tertiary alicyclic amines) is 1. The van der Waals surface area contributed by atoms with Gasteiger partial charge in [0.1, 0.15) is 6.61 Å².